The number of urea groups is 1. The SMILES string of the molecule is COc1ccc(CN2C(=O)N[C@H](CCC(=O)NCCc3ccncc3)C2=O)cc1. The zero-order valence-corrected chi connectivity index (χ0v) is 16.3. The van der Waals surface area contributed by atoms with E-state index in [4.69, 9.17) is 4.74 Å². The van der Waals surface area contributed by atoms with Gasteiger partial charge in [0.2, 0.25) is 5.91 Å². The molecule has 1 atom stereocenters. The van der Waals surface area contributed by atoms with Gasteiger partial charge in [-0.3, -0.25) is 19.5 Å². The van der Waals surface area contributed by atoms with E-state index in [0.717, 1.165) is 11.1 Å². The number of ether oxygens (including phenoxy) is 1. The first kappa shape index (κ1) is 20.3. The molecule has 1 aromatic heterocycles. The summed E-state index contributed by atoms with van der Waals surface area (Å²) in [6, 6.07) is 9.86. The molecule has 0 saturated carbocycles. The minimum atomic E-state index is -0.674. The van der Waals surface area contributed by atoms with E-state index in [1.165, 1.54) is 4.90 Å². The Labute approximate surface area is 169 Å². The number of carbonyl (C=O) groups is 3. The van der Waals surface area contributed by atoms with Crippen LogP contribution in [0.1, 0.15) is 24.0 Å². The van der Waals surface area contributed by atoms with Crippen molar-refractivity contribution in [1.29, 1.82) is 0 Å². The zero-order chi connectivity index (χ0) is 20.6. The lowest BCUT2D eigenvalue weighted by molar-refractivity contribution is -0.128. The molecule has 3 rings (SSSR count). The third kappa shape index (κ3) is 5.54. The normalized spacial score (nSPS) is 15.9. The number of nitrogens with zero attached hydrogens (tertiary/aromatic N) is 2. The molecule has 8 heteroatoms. The van der Waals surface area contributed by atoms with Crippen molar-refractivity contribution in [1.82, 2.24) is 20.5 Å². The summed E-state index contributed by atoms with van der Waals surface area (Å²) < 4.78 is 5.11. The number of methoxy groups -OCH3 is 1. The van der Waals surface area contributed by atoms with E-state index in [1.807, 2.05) is 24.3 Å². The van der Waals surface area contributed by atoms with Crippen LogP contribution in [0.5, 0.6) is 5.75 Å². The van der Waals surface area contributed by atoms with Crippen molar-refractivity contribution < 1.29 is 19.1 Å². The van der Waals surface area contributed by atoms with Crippen molar-refractivity contribution >= 4 is 17.8 Å². The fraction of sp³-hybridized carbons (Fsp3) is 0.333. The molecular formula is C21H24N4O4. The molecule has 29 heavy (non-hydrogen) atoms. The summed E-state index contributed by atoms with van der Waals surface area (Å²) in [4.78, 5) is 41.9. The number of amides is 4. The quantitative estimate of drug-likeness (QED) is 0.628. The number of aromatic nitrogens is 1. The predicted octanol–water partition coefficient (Wildman–Crippen LogP) is 1.65. The number of imide groups is 1. The van der Waals surface area contributed by atoms with Gasteiger partial charge in [0.15, 0.2) is 0 Å². The van der Waals surface area contributed by atoms with Crippen LogP contribution in [-0.2, 0) is 22.6 Å². The van der Waals surface area contributed by atoms with E-state index < -0.39 is 12.1 Å². The van der Waals surface area contributed by atoms with Gasteiger partial charge in [0.05, 0.1) is 13.7 Å². The maximum atomic E-state index is 12.5. The Hall–Kier alpha value is -3.42. The minimum absolute atomic E-state index is 0.144. The molecule has 2 aromatic rings. The van der Waals surface area contributed by atoms with Crippen molar-refractivity contribution in [2.45, 2.75) is 31.8 Å². The summed E-state index contributed by atoms with van der Waals surface area (Å²) in [5.41, 5.74) is 1.91. The van der Waals surface area contributed by atoms with Crippen LogP contribution in [0.25, 0.3) is 0 Å². The van der Waals surface area contributed by atoms with Crippen LogP contribution in [0.15, 0.2) is 48.8 Å². The first-order chi connectivity index (χ1) is 14.1. The maximum Gasteiger partial charge on any atom is 0.325 e. The molecule has 0 unspecified atom stereocenters. The molecule has 152 valence electrons. The van der Waals surface area contributed by atoms with E-state index in [-0.39, 0.29) is 31.2 Å². The number of benzene rings is 1. The molecule has 1 aromatic carbocycles. The van der Waals surface area contributed by atoms with Crippen LogP contribution in [0, 0.1) is 0 Å². The standard InChI is InChI=1S/C21H24N4O4/c1-29-17-4-2-16(3-5-17)14-25-20(27)18(24-21(25)28)6-7-19(26)23-13-10-15-8-11-22-12-9-15/h2-5,8-9,11-12,18H,6-7,10,13-14H2,1H3,(H,23,26)(H,24,28)/t18-/m1/s1. The number of rotatable bonds is 9. The Morgan fingerprint density at radius 1 is 1.14 bits per heavy atom. The van der Waals surface area contributed by atoms with Crippen molar-refractivity contribution in [3.05, 3.63) is 59.9 Å². The van der Waals surface area contributed by atoms with Gasteiger partial charge < -0.3 is 15.4 Å². The lowest BCUT2D eigenvalue weighted by atomic mass is 10.1. The van der Waals surface area contributed by atoms with E-state index in [2.05, 4.69) is 15.6 Å². The second-order valence-electron chi connectivity index (χ2n) is 6.77. The number of hydrogen-bond donors (Lipinski definition) is 2. The Morgan fingerprint density at radius 2 is 1.86 bits per heavy atom. The van der Waals surface area contributed by atoms with Crippen LogP contribution < -0.4 is 15.4 Å². The van der Waals surface area contributed by atoms with Gasteiger partial charge in [-0.1, -0.05) is 12.1 Å². The topological polar surface area (TPSA) is 101 Å². The number of nitrogens with one attached hydrogen (secondary N) is 2. The third-order valence-corrected chi connectivity index (χ3v) is 4.75. The molecule has 0 aliphatic carbocycles. The van der Waals surface area contributed by atoms with E-state index in [9.17, 15) is 14.4 Å². The highest BCUT2D eigenvalue weighted by molar-refractivity contribution is 6.04. The van der Waals surface area contributed by atoms with Crippen LogP contribution in [0.4, 0.5) is 4.79 Å². The second kappa shape index (κ2) is 9.68. The Morgan fingerprint density at radius 3 is 2.55 bits per heavy atom. The Balaban J connectivity index is 1.43. The predicted molar refractivity (Wildman–Crippen MR) is 106 cm³/mol. The summed E-state index contributed by atoms with van der Waals surface area (Å²) in [5, 5.41) is 5.49. The fourth-order valence-electron chi connectivity index (χ4n) is 3.10. The smallest absolute Gasteiger partial charge is 0.325 e. The maximum absolute atomic E-state index is 12.5. The highest BCUT2D eigenvalue weighted by atomic mass is 16.5. The second-order valence-corrected chi connectivity index (χ2v) is 6.77. The van der Waals surface area contributed by atoms with E-state index in [1.54, 1.807) is 31.6 Å². The number of carbonyl (C=O) groups excluding carboxylic acids is 3. The summed E-state index contributed by atoms with van der Waals surface area (Å²) in [5.74, 6) is 0.254. The Bertz CT molecular complexity index is 855. The molecule has 4 amide bonds. The average Bonchev–Trinajstić information content (AvgIpc) is 3.01. The lowest BCUT2D eigenvalue weighted by Gasteiger charge is -2.13. The van der Waals surface area contributed by atoms with E-state index >= 15 is 0 Å². The molecule has 8 nitrogen and oxygen atoms in total. The largest absolute Gasteiger partial charge is 0.497 e. The highest BCUT2D eigenvalue weighted by Crippen LogP contribution is 2.17. The molecule has 1 fully saturated rings. The van der Waals surface area contributed by atoms with Gasteiger partial charge in [0.25, 0.3) is 5.91 Å². The van der Waals surface area contributed by atoms with Gasteiger partial charge in [-0.2, -0.15) is 0 Å². The van der Waals surface area contributed by atoms with Gasteiger partial charge in [0, 0.05) is 25.4 Å². The third-order valence-electron chi connectivity index (χ3n) is 4.75. The van der Waals surface area contributed by atoms with E-state index in [0.29, 0.717) is 18.7 Å². The number of hydrogen-bond acceptors (Lipinski definition) is 5. The summed E-state index contributed by atoms with van der Waals surface area (Å²) in [6.07, 6.45) is 4.57. The average molecular weight is 396 g/mol. The lowest BCUT2D eigenvalue weighted by Crippen LogP contribution is -2.33. The van der Waals surface area contributed by atoms with Crippen LogP contribution >= 0.6 is 0 Å². The summed E-state index contributed by atoms with van der Waals surface area (Å²) >= 11 is 0. The molecule has 0 radical (unpaired) electrons. The fourth-order valence-corrected chi connectivity index (χ4v) is 3.10. The molecule has 2 heterocycles. The monoisotopic (exact) mass is 396 g/mol. The molecule has 1 aliphatic rings. The molecule has 0 bridgehead atoms. The molecule has 0 spiro atoms. The van der Waals surface area contributed by atoms with Crippen LogP contribution in [-0.4, -0.2) is 47.4 Å². The van der Waals surface area contributed by atoms with Crippen molar-refractivity contribution in [2.75, 3.05) is 13.7 Å². The van der Waals surface area contributed by atoms with Gasteiger partial charge >= 0.3 is 6.03 Å². The van der Waals surface area contributed by atoms with Crippen molar-refractivity contribution in [3.8, 4) is 5.75 Å². The molecule has 1 aliphatic heterocycles. The van der Waals surface area contributed by atoms with Gasteiger partial charge in [-0.15, -0.1) is 0 Å². The van der Waals surface area contributed by atoms with Crippen molar-refractivity contribution in [2.24, 2.45) is 0 Å². The van der Waals surface area contributed by atoms with Gasteiger partial charge in [0.1, 0.15) is 11.8 Å². The highest BCUT2D eigenvalue weighted by Gasteiger charge is 2.37. The van der Waals surface area contributed by atoms with Crippen molar-refractivity contribution in [3.63, 3.8) is 0 Å². The first-order valence-electron chi connectivity index (χ1n) is 9.47. The van der Waals surface area contributed by atoms with Crippen LogP contribution in [0.3, 0.4) is 0 Å². The number of pyridine rings is 1. The minimum Gasteiger partial charge on any atom is -0.497 e. The van der Waals surface area contributed by atoms with Gasteiger partial charge in [-0.25, -0.2) is 4.79 Å². The summed E-state index contributed by atoms with van der Waals surface area (Å²) in [7, 11) is 1.58. The zero-order valence-electron chi connectivity index (χ0n) is 16.3. The molecular weight excluding hydrogens is 372 g/mol. The first-order valence-corrected chi connectivity index (χ1v) is 9.47. The Kier molecular flexibility index (Phi) is 6.78. The van der Waals surface area contributed by atoms with Crippen LogP contribution in [0.2, 0.25) is 0 Å². The molecule has 1 saturated heterocycles. The molecule has 2 N–H and O–H groups in total. The summed E-state index contributed by atoms with van der Waals surface area (Å²) in [6.45, 7) is 0.695. The van der Waals surface area contributed by atoms with Gasteiger partial charge in [-0.05, 0) is 48.2 Å².